The van der Waals surface area contributed by atoms with Crippen molar-refractivity contribution in [2.45, 2.75) is 12.8 Å². The molecule has 2 heterocycles. The molecule has 0 aliphatic carbocycles. The number of nitrogens with one attached hydrogen (secondary N) is 1. The molecule has 1 fully saturated rings. The fraction of sp³-hybridized carbons (Fsp3) is 0.462. The summed E-state index contributed by atoms with van der Waals surface area (Å²) in [6.45, 7) is 2.61. The lowest BCUT2D eigenvalue weighted by Gasteiger charge is -2.21. The van der Waals surface area contributed by atoms with Crippen LogP contribution in [0.1, 0.15) is 12.8 Å². The Morgan fingerprint density at radius 3 is 3.12 bits per heavy atom. The Labute approximate surface area is 100.0 Å². The van der Waals surface area contributed by atoms with E-state index in [9.17, 15) is 0 Å². The average Bonchev–Trinajstić information content (AvgIpc) is 2.80. The van der Waals surface area contributed by atoms with Gasteiger partial charge in [0.1, 0.15) is 5.52 Å². The van der Waals surface area contributed by atoms with Crippen molar-refractivity contribution in [2.24, 2.45) is 5.92 Å². The zero-order chi connectivity index (χ0) is 11.5. The van der Waals surface area contributed by atoms with Gasteiger partial charge in [-0.05, 0) is 30.9 Å². The van der Waals surface area contributed by atoms with E-state index in [2.05, 4.69) is 10.3 Å². The number of fused-ring (bicyclic) bond motifs is 1. The van der Waals surface area contributed by atoms with E-state index >= 15 is 0 Å². The number of oxazole rings is 1. The maximum absolute atomic E-state index is 5.60. The van der Waals surface area contributed by atoms with Crippen LogP contribution in [0.3, 0.4) is 0 Å². The van der Waals surface area contributed by atoms with Crippen molar-refractivity contribution in [1.29, 1.82) is 0 Å². The molecule has 0 bridgehead atoms. The highest BCUT2D eigenvalue weighted by molar-refractivity contribution is 5.74. The van der Waals surface area contributed by atoms with Crippen molar-refractivity contribution >= 4 is 17.1 Å². The third-order valence-corrected chi connectivity index (χ3v) is 3.09. The molecule has 4 heteroatoms. The predicted octanol–water partition coefficient (Wildman–Crippen LogP) is 2.67. The quantitative estimate of drug-likeness (QED) is 0.883. The van der Waals surface area contributed by atoms with Crippen LogP contribution in [0.2, 0.25) is 0 Å². The zero-order valence-electron chi connectivity index (χ0n) is 9.69. The maximum Gasteiger partial charge on any atom is 0.295 e. The van der Waals surface area contributed by atoms with Crippen LogP contribution in [-0.2, 0) is 4.74 Å². The van der Waals surface area contributed by atoms with Gasteiger partial charge in [0, 0.05) is 13.2 Å². The van der Waals surface area contributed by atoms with Crippen LogP contribution in [-0.4, -0.2) is 24.7 Å². The molecule has 90 valence electrons. The van der Waals surface area contributed by atoms with Gasteiger partial charge in [-0.15, -0.1) is 0 Å². The van der Waals surface area contributed by atoms with E-state index in [-0.39, 0.29) is 0 Å². The normalized spacial score (nSPS) is 20.6. The van der Waals surface area contributed by atoms with Crippen molar-refractivity contribution in [1.82, 2.24) is 4.98 Å². The molecule has 1 aliphatic heterocycles. The third-order valence-electron chi connectivity index (χ3n) is 3.09. The van der Waals surface area contributed by atoms with E-state index in [1.54, 1.807) is 0 Å². The molecule has 1 aliphatic rings. The lowest BCUT2D eigenvalue weighted by atomic mass is 10.0. The number of rotatable bonds is 3. The van der Waals surface area contributed by atoms with Gasteiger partial charge in [0.15, 0.2) is 5.58 Å². The second-order valence-corrected chi connectivity index (χ2v) is 4.45. The average molecular weight is 232 g/mol. The highest BCUT2D eigenvalue weighted by Crippen LogP contribution is 2.19. The molecule has 0 radical (unpaired) electrons. The van der Waals surface area contributed by atoms with Crippen LogP contribution in [0, 0.1) is 5.92 Å². The van der Waals surface area contributed by atoms with Crippen LogP contribution in [0.25, 0.3) is 11.1 Å². The molecular weight excluding hydrogens is 216 g/mol. The Hall–Kier alpha value is -1.55. The molecule has 2 aromatic rings. The first kappa shape index (κ1) is 10.6. The van der Waals surface area contributed by atoms with E-state index in [1.807, 2.05) is 24.3 Å². The standard InChI is InChI=1S/C13H16N2O2/c1-2-6-12-11(5-1)15-13(17-12)14-8-10-4-3-7-16-9-10/h1-2,5-6,10H,3-4,7-9H2,(H,14,15)/t10-/m0/s1. The first-order valence-corrected chi connectivity index (χ1v) is 6.09. The van der Waals surface area contributed by atoms with E-state index in [0.29, 0.717) is 11.9 Å². The van der Waals surface area contributed by atoms with Crippen molar-refractivity contribution in [3.63, 3.8) is 0 Å². The Balaban J connectivity index is 1.64. The highest BCUT2D eigenvalue weighted by Gasteiger charge is 2.14. The van der Waals surface area contributed by atoms with Crippen molar-refractivity contribution in [3.8, 4) is 0 Å². The van der Waals surface area contributed by atoms with Gasteiger partial charge in [0.2, 0.25) is 0 Å². The molecule has 17 heavy (non-hydrogen) atoms. The van der Waals surface area contributed by atoms with Crippen molar-refractivity contribution in [3.05, 3.63) is 24.3 Å². The monoisotopic (exact) mass is 232 g/mol. The van der Waals surface area contributed by atoms with Gasteiger partial charge in [0.05, 0.1) is 6.61 Å². The summed E-state index contributed by atoms with van der Waals surface area (Å²) in [4.78, 5) is 4.38. The molecule has 1 saturated heterocycles. The molecule has 1 aromatic heterocycles. The molecule has 1 aromatic carbocycles. The Kier molecular flexibility index (Phi) is 2.96. The number of para-hydroxylation sites is 2. The molecule has 3 rings (SSSR count). The minimum absolute atomic E-state index is 0.568. The van der Waals surface area contributed by atoms with E-state index in [0.717, 1.165) is 37.3 Å². The SMILES string of the molecule is c1ccc2oc(NC[C@@H]3CCCOC3)nc2c1. The Morgan fingerprint density at radius 2 is 2.29 bits per heavy atom. The van der Waals surface area contributed by atoms with Crippen molar-refractivity contribution < 1.29 is 9.15 Å². The highest BCUT2D eigenvalue weighted by atomic mass is 16.5. The van der Waals surface area contributed by atoms with E-state index in [4.69, 9.17) is 9.15 Å². The molecule has 0 unspecified atom stereocenters. The summed E-state index contributed by atoms with van der Waals surface area (Å²) in [5.41, 5.74) is 1.73. The lowest BCUT2D eigenvalue weighted by Crippen LogP contribution is -2.24. The summed E-state index contributed by atoms with van der Waals surface area (Å²) in [6.07, 6.45) is 2.37. The second-order valence-electron chi connectivity index (χ2n) is 4.45. The van der Waals surface area contributed by atoms with Gasteiger partial charge in [-0.2, -0.15) is 4.98 Å². The van der Waals surface area contributed by atoms with Gasteiger partial charge in [-0.3, -0.25) is 0 Å². The molecular formula is C13H16N2O2. The van der Waals surface area contributed by atoms with Gasteiger partial charge in [-0.25, -0.2) is 0 Å². The summed E-state index contributed by atoms with van der Waals surface area (Å²) in [5.74, 6) is 0.568. The van der Waals surface area contributed by atoms with Gasteiger partial charge < -0.3 is 14.5 Å². The number of hydrogen-bond donors (Lipinski definition) is 1. The van der Waals surface area contributed by atoms with Gasteiger partial charge in [-0.1, -0.05) is 12.1 Å². The molecule has 1 N–H and O–H groups in total. The number of benzene rings is 1. The molecule has 4 nitrogen and oxygen atoms in total. The second kappa shape index (κ2) is 4.75. The fourth-order valence-electron chi connectivity index (χ4n) is 2.15. The number of anilines is 1. The lowest BCUT2D eigenvalue weighted by molar-refractivity contribution is 0.0593. The molecule has 0 amide bonds. The summed E-state index contributed by atoms with van der Waals surface area (Å²) in [6, 6.07) is 8.40. The summed E-state index contributed by atoms with van der Waals surface area (Å²) in [7, 11) is 0. The number of hydrogen-bond acceptors (Lipinski definition) is 4. The third kappa shape index (κ3) is 2.42. The first-order chi connectivity index (χ1) is 8.42. The molecule has 1 atom stereocenters. The van der Waals surface area contributed by atoms with Crippen LogP contribution in [0.15, 0.2) is 28.7 Å². The summed E-state index contributed by atoms with van der Waals surface area (Å²) >= 11 is 0. The topological polar surface area (TPSA) is 47.3 Å². The number of aromatic nitrogens is 1. The van der Waals surface area contributed by atoms with Crippen molar-refractivity contribution in [2.75, 3.05) is 25.1 Å². The molecule has 0 saturated carbocycles. The largest absolute Gasteiger partial charge is 0.424 e. The predicted molar refractivity (Wildman–Crippen MR) is 66.0 cm³/mol. The maximum atomic E-state index is 5.60. The zero-order valence-corrected chi connectivity index (χ0v) is 9.69. The Morgan fingerprint density at radius 1 is 1.35 bits per heavy atom. The van der Waals surface area contributed by atoms with Crippen LogP contribution < -0.4 is 5.32 Å². The fourth-order valence-corrected chi connectivity index (χ4v) is 2.15. The van der Waals surface area contributed by atoms with Crippen LogP contribution in [0.5, 0.6) is 0 Å². The smallest absolute Gasteiger partial charge is 0.295 e. The van der Waals surface area contributed by atoms with E-state index < -0.39 is 0 Å². The van der Waals surface area contributed by atoms with Gasteiger partial charge >= 0.3 is 0 Å². The summed E-state index contributed by atoms with van der Waals surface area (Å²) in [5, 5.41) is 3.25. The number of ether oxygens (including phenoxy) is 1. The number of nitrogens with zero attached hydrogens (tertiary/aromatic N) is 1. The van der Waals surface area contributed by atoms with Gasteiger partial charge in [0.25, 0.3) is 6.01 Å². The first-order valence-electron chi connectivity index (χ1n) is 6.09. The van der Waals surface area contributed by atoms with E-state index in [1.165, 1.54) is 6.42 Å². The minimum Gasteiger partial charge on any atom is -0.424 e. The minimum atomic E-state index is 0.568. The molecule has 0 spiro atoms. The van der Waals surface area contributed by atoms with Crippen LogP contribution in [0.4, 0.5) is 6.01 Å². The Bertz CT molecular complexity index is 456. The van der Waals surface area contributed by atoms with Crippen LogP contribution >= 0.6 is 0 Å². The summed E-state index contributed by atoms with van der Waals surface area (Å²) < 4.78 is 11.0.